The Balaban J connectivity index is 1.81. The molecule has 7 nitrogen and oxygen atoms in total. The molecule has 0 aliphatic heterocycles. The molecule has 0 saturated heterocycles. The van der Waals surface area contributed by atoms with Crippen molar-refractivity contribution in [3.63, 3.8) is 0 Å². The number of hydrogen-bond donors (Lipinski definition) is 1. The summed E-state index contributed by atoms with van der Waals surface area (Å²) in [6.07, 6.45) is 1.02. The van der Waals surface area contributed by atoms with Crippen LogP contribution in [0.4, 0.5) is 0 Å². The maximum absolute atomic E-state index is 13.4. The van der Waals surface area contributed by atoms with Gasteiger partial charge in [0.05, 0.1) is 28.6 Å². The van der Waals surface area contributed by atoms with Gasteiger partial charge in [-0.2, -0.15) is 0 Å². The minimum Gasteiger partial charge on any atom is -0.352 e. The maximum atomic E-state index is 13.4. The zero-order valence-electron chi connectivity index (χ0n) is 20.1. The van der Waals surface area contributed by atoms with Crippen LogP contribution in [0, 0.1) is 5.92 Å². The normalized spacial score (nSPS) is 11.8. The van der Waals surface area contributed by atoms with Gasteiger partial charge in [-0.25, -0.2) is 9.78 Å². The molecule has 0 spiro atoms. The van der Waals surface area contributed by atoms with Crippen LogP contribution < -0.4 is 11.0 Å². The molecule has 0 aliphatic carbocycles. The zero-order chi connectivity index (χ0) is 23.7. The number of para-hydroxylation sites is 2. The third-order valence-electron chi connectivity index (χ3n) is 6.05. The summed E-state index contributed by atoms with van der Waals surface area (Å²) in [6.45, 7) is 11.7. The van der Waals surface area contributed by atoms with Gasteiger partial charge in [-0.05, 0) is 56.0 Å². The zero-order valence-corrected chi connectivity index (χ0v) is 20.1. The van der Waals surface area contributed by atoms with Crippen LogP contribution in [0.3, 0.4) is 0 Å². The molecule has 174 valence electrons. The number of imidazole rings is 2. The molecule has 0 radical (unpaired) electrons. The van der Waals surface area contributed by atoms with Crippen LogP contribution in [0.25, 0.3) is 22.1 Å². The number of fused-ring (bicyclic) bond motifs is 2. The molecule has 2 aromatic carbocycles. The van der Waals surface area contributed by atoms with Crippen molar-refractivity contribution in [2.45, 2.75) is 66.7 Å². The van der Waals surface area contributed by atoms with Gasteiger partial charge in [0.1, 0.15) is 5.82 Å². The Morgan fingerprint density at radius 2 is 1.73 bits per heavy atom. The number of carbonyl (C=O) groups excluding carboxylic acids is 1. The van der Waals surface area contributed by atoms with E-state index in [1.54, 1.807) is 0 Å². The summed E-state index contributed by atoms with van der Waals surface area (Å²) in [7, 11) is 0. The third kappa shape index (κ3) is 4.58. The molecule has 1 amide bonds. The Morgan fingerprint density at radius 3 is 2.39 bits per heavy atom. The van der Waals surface area contributed by atoms with E-state index in [4.69, 9.17) is 4.98 Å². The van der Waals surface area contributed by atoms with Crippen molar-refractivity contribution in [3.8, 4) is 0 Å². The van der Waals surface area contributed by atoms with E-state index in [2.05, 4.69) is 29.8 Å². The molecule has 2 heterocycles. The second kappa shape index (κ2) is 9.25. The van der Waals surface area contributed by atoms with Crippen molar-refractivity contribution < 1.29 is 4.79 Å². The van der Waals surface area contributed by atoms with Gasteiger partial charge in [0.15, 0.2) is 0 Å². The fourth-order valence-electron chi connectivity index (χ4n) is 4.34. The summed E-state index contributed by atoms with van der Waals surface area (Å²) in [5.41, 5.74) is 4.80. The highest BCUT2D eigenvalue weighted by Gasteiger charge is 2.18. The van der Waals surface area contributed by atoms with Gasteiger partial charge in [-0.3, -0.25) is 13.9 Å². The molecule has 0 saturated carbocycles. The van der Waals surface area contributed by atoms with Gasteiger partial charge in [0, 0.05) is 26.1 Å². The van der Waals surface area contributed by atoms with Crippen molar-refractivity contribution in [1.29, 1.82) is 0 Å². The molecule has 0 unspecified atom stereocenters. The van der Waals surface area contributed by atoms with Gasteiger partial charge >= 0.3 is 5.69 Å². The SMILES string of the molecule is CC(=O)NCc1ccc2c(c1)nc(Cn1c(=O)n(C(C)C)c3ccccc31)n2CCC(C)C. The fourth-order valence-corrected chi connectivity index (χ4v) is 4.34. The number of rotatable bonds is 8. The average molecular weight is 448 g/mol. The lowest BCUT2D eigenvalue weighted by atomic mass is 10.1. The Hall–Kier alpha value is -3.35. The quantitative estimate of drug-likeness (QED) is 0.433. The number of aryl methyl sites for hydroxylation is 1. The largest absolute Gasteiger partial charge is 0.352 e. The van der Waals surface area contributed by atoms with Crippen LogP contribution in [-0.4, -0.2) is 24.6 Å². The van der Waals surface area contributed by atoms with Crippen LogP contribution in [-0.2, 0) is 24.4 Å². The molecule has 1 N–H and O–H groups in total. The molecule has 7 heteroatoms. The van der Waals surface area contributed by atoms with Crippen molar-refractivity contribution in [2.24, 2.45) is 5.92 Å². The molecule has 33 heavy (non-hydrogen) atoms. The monoisotopic (exact) mass is 447 g/mol. The van der Waals surface area contributed by atoms with E-state index < -0.39 is 0 Å². The van der Waals surface area contributed by atoms with Crippen LogP contribution in [0.1, 0.15) is 58.5 Å². The van der Waals surface area contributed by atoms with Crippen LogP contribution in [0.5, 0.6) is 0 Å². The van der Waals surface area contributed by atoms with Gasteiger partial charge in [-0.15, -0.1) is 0 Å². The van der Waals surface area contributed by atoms with E-state index in [0.717, 1.165) is 46.4 Å². The number of benzene rings is 2. The molecular formula is C26H33N5O2. The molecule has 0 aliphatic rings. The van der Waals surface area contributed by atoms with Gasteiger partial charge in [0.25, 0.3) is 0 Å². The minimum atomic E-state index is -0.0563. The Labute approximate surface area is 194 Å². The first-order valence-electron chi connectivity index (χ1n) is 11.7. The van der Waals surface area contributed by atoms with Gasteiger partial charge in [-0.1, -0.05) is 32.0 Å². The van der Waals surface area contributed by atoms with Crippen LogP contribution in [0.15, 0.2) is 47.3 Å². The highest BCUT2D eigenvalue weighted by atomic mass is 16.2. The van der Waals surface area contributed by atoms with Crippen molar-refractivity contribution in [2.75, 3.05) is 0 Å². The maximum Gasteiger partial charge on any atom is 0.329 e. The Kier molecular flexibility index (Phi) is 6.40. The lowest BCUT2D eigenvalue weighted by Crippen LogP contribution is -2.27. The van der Waals surface area contributed by atoms with Crippen molar-refractivity contribution in [3.05, 3.63) is 64.3 Å². The van der Waals surface area contributed by atoms with E-state index in [0.29, 0.717) is 19.0 Å². The molecular weight excluding hydrogens is 414 g/mol. The van der Waals surface area contributed by atoms with Crippen LogP contribution >= 0.6 is 0 Å². The summed E-state index contributed by atoms with van der Waals surface area (Å²) >= 11 is 0. The third-order valence-corrected chi connectivity index (χ3v) is 6.05. The second-order valence-corrected chi connectivity index (χ2v) is 9.42. The van der Waals surface area contributed by atoms with E-state index in [1.165, 1.54) is 6.92 Å². The first-order chi connectivity index (χ1) is 15.8. The minimum absolute atomic E-state index is 0.0139. The fraction of sp³-hybridized carbons (Fsp3) is 0.423. The predicted octanol–water partition coefficient (Wildman–Crippen LogP) is 4.46. The second-order valence-electron chi connectivity index (χ2n) is 9.42. The van der Waals surface area contributed by atoms with E-state index >= 15 is 0 Å². The lowest BCUT2D eigenvalue weighted by Gasteiger charge is -2.12. The van der Waals surface area contributed by atoms with E-state index in [9.17, 15) is 9.59 Å². The number of carbonyl (C=O) groups is 1. The lowest BCUT2D eigenvalue weighted by molar-refractivity contribution is -0.119. The van der Waals surface area contributed by atoms with Gasteiger partial charge in [0.2, 0.25) is 5.91 Å². The summed E-state index contributed by atoms with van der Waals surface area (Å²) in [4.78, 5) is 29.7. The topological polar surface area (TPSA) is 73.8 Å². The molecule has 4 aromatic rings. The molecule has 0 fully saturated rings. The average Bonchev–Trinajstić information content (AvgIpc) is 3.25. The first kappa shape index (κ1) is 22.8. The number of amides is 1. The molecule has 0 bridgehead atoms. The van der Waals surface area contributed by atoms with Crippen molar-refractivity contribution in [1.82, 2.24) is 24.0 Å². The molecule has 2 aromatic heterocycles. The Bertz CT molecular complexity index is 1360. The highest BCUT2D eigenvalue weighted by molar-refractivity contribution is 5.78. The van der Waals surface area contributed by atoms with Crippen molar-refractivity contribution >= 4 is 28.0 Å². The predicted molar refractivity (Wildman–Crippen MR) is 132 cm³/mol. The van der Waals surface area contributed by atoms with E-state index in [-0.39, 0.29) is 17.6 Å². The standard InChI is InChI=1S/C26H33N5O2/c1-17(2)12-13-29-22-11-10-20(15-27-19(5)32)14-21(22)28-25(29)16-30-23-8-6-7-9-24(23)31(18(3)4)26(30)33/h6-11,14,17-18H,12-13,15-16H2,1-5H3,(H,27,32). The highest BCUT2D eigenvalue weighted by Crippen LogP contribution is 2.23. The number of aromatic nitrogens is 4. The summed E-state index contributed by atoms with van der Waals surface area (Å²) in [6, 6.07) is 14.2. The Morgan fingerprint density at radius 1 is 1.00 bits per heavy atom. The van der Waals surface area contributed by atoms with Crippen LogP contribution in [0.2, 0.25) is 0 Å². The summed E-state index contributed by atoms with van der Waals surface area (Å²) < 4.78 is 5.92. The number of nitrogens with one attached hydrogen (secondary N) is 1. The summed E-state index contributed by atoms with van der Waals surface area (Å²) in [5.74, 6) is 1.37. The smallest absolute Gasteiger partial charge is 0.329 e. The summed E-state index contributed by atoms with van der Waals surface area (Å²) in [5, 5.41) is 2.85. The number of nitrogens with zero attached hydrogens (tertiary/aromatic N) is 4. The number of hydrogen-bond acceptors (Lipinski definition) is 3. The van der Waals surface area contributed by atoms with E-state index in [1.807, 2.05) is 59.4 Å². The first-order valence-corrected chi connectivity index (χ1v) is 11.7. The molecule has 4 rings (SSSR count). The molecule has 0 atom stereocenters. The van der Waals surface area contributed by atoms with Gasteiger partial charge < -0.3 is 9.88 Å².